The van der Waals surface area contributed by atoms with E-state index in [1.54, 1.807) is 0 Å². The Labute approximate surface area is 66.4 Å². The number of nitrogens with zero attached hydrogens (tertiary/aromatic N) is 3. The summed E-state index contributed by atoms with van der Waals surface area (Å²) in [4.78, 5) is 7.35. The predicted octanol–water partition coefficient (Wildman–Crippen LogP) is 0.0857. The summed E-state index contributed by atoms with van der Waals surface area (Å²) in [5.41, 5.74) is 0.272. The Balaban J connectivity index is 3.26. The molecule has 0 N–H and O–H groups in total. The molecule has 5 heteroatoms. The minimum absolute atomic E-state index is 0.272. The topological polar surface area (TPSA) is 66.6 Å². The van der Waals surface area contributed by atoms with Crippen molar-refractivity contribution in [3.8, 4) is 6.07 Å². The Morgan fingerprint density at radius 1 is 1.73 bits per heavy atom. The lowest BCUT2D eigenvalue weighted by molar-refractivity contribution is 0.683. The average Bonchev–Trinajstić information content (AvgIpc) is 2.04. The van der Waals surface area contributed by atoms with Crippen LogP contribution in [0.4, 0.5) is 0 Å². The summed E-state index contributed by atoms with van der Waals surface area (Å²) < 4.78 is 10.9. The molecule has 4 nitrogen and oxygen atoms in total. The number of hydrogen-bond acceptors (Lipinski definition) is 4. The average molecular weight is 167 g/mol. The van der Waals surface area contributed by atoms with Gasteiger partial charge >= 0.3 is 0 Å². The van der Waals surface area contributed by atoms with Crippen LogP contribution in [-0.4, -0.2) is 20.4 Å². The van der Waals surface area contributed by atoms with Gasteiger partial charge in [-0.05, 0) is 0 Å². The number of aromatic nitrogens is 2. The zero-order chi connectivity index (χ0) is 8.27. The highest BCUT2D eigenvalue weighted by Gasteiger charge is 2.05. The van der Waals surface area contributed by atoms with Gasteiger partial charge in [-0.1, -0.05) is 0 Å². The first kappa shape index (κ1) is 7.82. The zero-order valence-corrected chi connectivity index (χ0v) is 6.63. The van der Waals surface area contributed by atoms with Crippen molar-refractivity contribution in [1.29, 1.82) is 5.26 Å². The van der Waals surface area contributed by atoms with E-state index in [1.165, 1.54) is 18.8 Å². The highest BCUT2D eigenvalue weighted by molar-refractivity contribution is 7.84. The van der Waals surface area contributed by atoms with Crippen molar-refractivity contribution in [3.05, 3.63) is 18.1 Å². The van der Waals surface area contributed by atoms with Gasteiger partial charge in [0.25, 0.3) is 0 Å². The molecule has 0 aliphatic rings. The van der Waals surface area contributed by atoms with E-state index >= 15 is 0 Å². The largest absolute Gasteiger partial charge is 0.253 e. The minimum Gasteiger partial charge on any atom is -0.253 e. The second-order valence-electron chi connectivity index (χ2n) is 1.81. The highest BCUT2D eigenvalue weighted by Crippen LogP contribution is 2.04. The molecule has 0 aliphatic heterocycles. The highest BCUT2D eigenvalue weighted by atomic mass is 32.2. The van der Waals surface area contributed by atoms with Gasteiger partial charge in [0.05, 0.1) is 10.8 Å². The van der Waals surface area contributed by atoms with Crippen LogP contribution in [0.2, 0.25) is 0 Å². The van der Waals surface area contributed by atoms with Crippen LogP contribution in [-0.2, 0) is 10.8 Å². The van der Waals surface area contributed by atoms with E-state index in [9.17, 15) is 4.21 Å². The molecule has 56 valence electrons. The molecule has 0 saturated carbocycles. The Morgan fingerprint density at radius 2 is 2.45 bits per heavy atom. The summed E-state index contributed by atoms with van der Waals surface area (Å²) in [7, 11) is -1.21. The van der Waals surface area contributed by atoms with Gasteiger partial charge in [0.1, 0.15) is 23.0 Å². The molecule has 1 aromatic heterocycles. The fraction of sp³-hybridized carbons (Fsp3) is 0.167. The molecular formula is C6H5N3OS. The first-order chi connectivity index (χ1) is 5.25. The number of nitriles is 1. The fourth-order valence-corrected chi connectivity index (χ4v) is 1.23. The van der Waals surface area contributed by atoms with E-state index in [4.69, 9.17) is 5.26 Å². The van der Waals surface area contributed by atoms with Crippen LogP contribution < -0.4 is 0 Å². The maximum absolute atomic E-state index is 10.9. The molecule has 0 radical (unpaired) electrons. The van der Waals surface area contributed by atoms with Crippen LogP contribution in [0.1, 0.15) is 5.56 Å². The number of rotatable bonds is 1. The van der Waals surface area contributed by atoms with Crippen molar-refractivity contribution in [2.45, 2.75) is 5.03 Å². The minimum atomic E-state index is -1.21. The van der Waals surface area contributed by atoms with Gasteiger partial charge in [0.2, 0.25) is 0 Å². The summed E-state index contributed by atoms with van der Waals surface area (Å²) in [5, 5.41) is 8.80. The molecule has 1 aromatic rings. The van der Waals surface area contributed by atoms with Crippen molar-refractivity contribution < 1.29 is 4.21 Å². The van der Waals surface area contributed by atoms with Gasteiger partial charge in [0, 0.05) is 12.5 Å². The summed E-state index contributed by atoms with van der Waals surface area (Å²) in [5.74, 6) is 0. The van der Waals surface area contributed by atoms with Crippen molar-refractivity contribution >= 4 is 10.8 Å². The first-order valence-electron chi connectivity index (χ1n) is 2.79. The molecule has 0 aromatic carbocycles. The van der Waals surface area contributed by atoms with Crippen molar-refractivity contribution in [3.63, 3.8) is 0 Å². The Kier molecular flexibility index (Phi) is 2.28. The monoisotopic (exact) mass is 167 g/mol. The maximum atomic E-state index is 10.9. The molecule has 0 aliphatic carbocycles. The third-order valence-corrected chi connectivity index (χ3v) is 1.94. The third-order valence-electron chi connectivity index (χ3n) is 1.07. The van der Waals surface area contributed by atoms with E-state index in [-0.39, 0.29) is 5.56 Å². The van der Waals surface area contributed by atoms with Gasteiger partial charge in [-0.25, -0.2) is 9.97 Å². The SMILES string of the molecule is CS(=O)c1ncncc1C#N. The molecule has 1 atom stereocenters. The van der Waals surface area contributed by atoms with E-state index in [0.717, 1.165) is 0 Å². The van der Waals surface area contributed by atoms with Gasteiger partial charge in [0.15, 0.2) is 0 Å². The second-order valence-corrected chi connectivity index (χ2v) is 3.10. The lowest BCUT2D eigenvalue weighted by atomic mass is 10.4. The summed E-state index contributed by atoms with van der Waals surface area (Å²) in [6, 6.07) is 1.86. The van der Waals surface area contributed by atoms with Crippen LogP contribution in [0.15, 0.2) is 17.6 Å². The predicted molar refractivity (Wildman–Crippen MR) is 39.1 cm³/mol. The Bertz CT molecular complexity index is 331. The lowest BCUT2D eigenvalue weighted by Gasteiger charge is -1.94. The maximum Gasteiger partial charge on any atom is 0.148 e. The fourth-order valence-electron chi connectivity index (χ4n) is 0.624. The molecule has 1 heterocycles. The standard InChI is InChI=1S/C6H5N3OS/c1-11(10)6-5(2-7)3-8-4-9-6/h3-4H,1H3. The van der Waals surface area contributed by atoms with E-state index in [2.05, 4.69) is 9.97 Å². The van der Waals surface area contributed by atoms with Crippen LogP contribution >= 0.6 is 0 Å². The van der Waals surface area contributed by atoms with Crippen molar-refractivity contribution in [2.75, 3.05) is 6.26 Å². The van der Waals surface area contributed by atoms with Gasteiger partial charge < -0.3 is 0 Å². The second kappa shape index (κ2) is 3.21. The van der Waals surface area contributed by atoms with Crippen LogP contribution in [0.3, 0.4) is 0 Å². The quantitative estimate of drug-likeness (QED) is 0.556. The number of hydrogen-bond donors (Lipinski definition) is 0. The van der Waals surface area contributed by atoms with Gasteiger partial charge in [-0.15, -0.1) is 0 Å². The third kappa shape index (κ3) is 1.59. The molecule has 0 fully saturated rings. The van der Waals surface area contributed by atoms with Crippen LogP contribution in [0.25, 0.3) is 0 Å². The molecule has 1 rings (SSSR count). The molecule has 0 spiro atoms. The first-order valence-corrected chi connectivity index (χ1v) is 4.35. The van der Waals surface area contributed by atoms with E-state index in [1.807, 2.05) is 6.07 Å². The van der Waals surface area contributed by atoms with Crippen LogP contribution in [0, 0.1) is 11.3 Å². The molecule has 11 heavy (non-hydrogen) atoms. The molecule has 1 unspecified atom stereocenters. The molecule has 0 saturated heterocycles. The van der Waals surface area contributed by atoms with Crippen molar-refractivity contribution in [2.24, 2.45) is 0 Å². The Morgan fingerprint density at radius 3 is 2.91 bits per heavy atom. The van der Waals surface area contributed by atoms with E-state index in [0.29, 0.717) is 5.03 Å². The molecular weight excluding hydrogens is 162 g/mol. The summed E-state index contributed by atoms with van der Waals surface area (Å²) in [6.45, 7) is 0. The zero-order valence-electron chi connectivity index (χ0n) is 5.81. The normalized spacial score (nSPS) is 12.0. The smallest absolute Gasteiger partial charge is 0.148 e. The summed E-state index contributed by atoms with van der Waals surface area (Å²) >= 11 is 0. The van der Waals surface area contributed by atoms with Gasteiger partial charge in [-0.2, -0.15) is 5.26 Å². The molecule has 0 bridgehead atoms. The van der Waals surface area contributed by atoms with Crippen molar-refractivity contribution in [1.82, 2.24) is 9.97 Å². The lowest BCUT2D eigenvalue weighted by Crippen LogP contribution is -1.96. The van der Waals surface area contributed by atoms with E-state index < -0.39 is 10.8 Å². The summed E-state index contributed by atoms with van der Waals surface area (Å²) in [6.07, 6.45) is 4.10. The Hall–Kier alpha value is -1.28. The van der Waals surface area contributed by atoms with Gasteiger partial charge in [-0.3, -0.25) is 4.21 Å². The van der Waals surface area contributed by atoms with Crippen LogP contribution in [0.5, 0.6) is 0 Å². The molecule has 0 amide bonds.